The van der Waals surface area contributed by atoms with Crippen molar-refractivity contribution in [2.75, 3.05) is 36.4 Å². The van der Waals surface area contributed by atoms with Crippen molar-refractivity contribution in [3.05, 3.63) is 48.2 Å². The molecule has 170 valence electrons. The molecule has 0 aromatic carbocycles. The number of aromatic nitrogens is 5. The van der Waals surface area contributed by atoms with Crippen LogP contribution in [0.4, 0.5) is 11.6 Å². The van der Waals surface area contributed by atoms with E-state index in [0.29, 0.717) is 38.5 Å². The molecule has 0 spiro atoms. The van der Waals surface area contributed by atoms with Crippen LogP contribution in [0, 0.1) is 11.3 Å². The summed E-state index contributed by atoms with van der Waals surface area (Å²) in [4.78, 5) is 18.2. The highest BCUT2D eigenvalue weighted by Gasteiger charge is 2.46. The van der Waals surface area contributed by atoms with E-state index < -0.39 is 0 Å². The van der Waals surface area contributed by atoms with Crippen LogP contribution < -0.4 is 15.6 Å². The van der Waals surface area contributed by atoms with E-state index >= 15 is 0 Å². The van der Waals surface area contributed by atoms with Gasteiger partial charge in [-0.2, -0.15) is 15.3 Å². The summed E-state index contributed by atoms with van der Waals surface area (Å²) in [5.74, 6) is 0.571. The van der Waals surface area contributed by atoms with E-state index in [-0.39, 0.29) is 11.3 Å². The van der Waals surface area contributed by atoms with Gasteiger partial charge in [0.1, 0.15) is 5.54 Å². The smallest absolute Gasteiger partial charge is 0.247 e. The first-order chi connectivity index (χ1) is 16.0. The molecular weight excluding hydrogens is 420 g/mol. The first-order valence-corrected chi connectivity index (χ1v) is 11.0. The van der Waals surface area contributed by atoms with Gasteiger partial charge in [0.15, 0.2) is 11.4 Å². The number of nitriles is 1. The Bertz CT molecular complexity index is 1260. The highest BCUT2D eigenvalue weighted by atomic mass is 16.1. The second-order valence-electron chi connectivity index (χ2n) is 8.60. The number of ketones is 1. The maximum Gasteiger partial charge on any atom is 0.247 e. The number of pyridine rings is 1. The summed E-state index contributed by atoms with van der Waals surface area (Å²) >= 11 is 0. The Kier molecular flexibility index (Phi) is 5.22. The first kappa shape index (κ1) is 21.0. The Morgan fingerprint density at radius 1 is 1.39 bits per heavy atom. The molecule has 0 atom stereocenters. The lowest BCUT2D eigenvalue weighted by Crippen LogP contribution is -2.63. The summed E-state index contributed by atoms with van der Waals surface area (Å²) < 4.78 is 3.70. The number of anilines is 2. The van der Waals surface area contributed by atoms with Crippen LogP contribution in [-0.2, 0) is 16.8 Å². The molecule has 0 amide bonds. The van der Waals surface area contributed by atoms with Gasteiger partial charge in [-0.15, -0.1) is 5.10 Å². The predicted molar refractivity (Wildman–Crippen MR) is 122 cm³/mol. The molecular formula is C22H26N10O. The van der Waals surface area contributed by atoms with Crippen molar-refractivity contribution in [3.63, 3.8) is 0 Å². The van der Waals surface area contributed by atoms with Gasteiger partial charge in [-0.25, -0.2) is 9.94 Å². The molecule has 2 aliphatic rings. The Morgan fingerprint density at radius 2 is 2.24 bits per heavy atom. The zero-order valence-electron chi connectivity index (χ0n) is 18.7. The predicted octanol–water partition coefficient (Wildman–Crippen LogP) is 1.28. The number of fused-ring (bicyclic) bond motifs is 1. The van der Waals surface area contributed by atoms with Gasteiger partial charge < -0.3 is 15.2 Å². The molecule has 2 aliphatic heterocycles. The number of carbonyl (C=O) groups excluding carboxylic acids is 1. The SMILES string of the molecule is CCc1cnn(C2(CC#N)CN(c3cccn4nc(NC5=CN(CC(C)=O)NC5)nc34)C2)c1. The van der Waals surface area contributed by atoms with Crippen molar-refractivity contribution < 1.29 is 4.79 Å². The second-order valence-corrected chi connectivity index (χ2v) is 8.60. The third-order valence-electron chi connectivity index (χ3n) is 6.04. The number of rotatable bonds is 8. The summed E-state index contributed by atoms with van der Waals surface area (Å²) in [5.41, 5.74) is 6.56. The molecule has 2 N–H and O–H groups in total. The molecule has 3 aromatic heterocycles. The number of nitrogens with one attached hydrogen (secondary N) is 2. The standard InChI is InChI=1S/C22H26N10O/c1-3-17-9-25-32(12-17)22(6-7-23)14-29(15-22)19-5-4-8-31-20(19)27-21(28-31)26-18-10-24-30(13-18)11-16(2)33/h4-5,8-9,12-13,24H,3,6,10-11,14-15H2,1-2H3,(H,26,28). The zero-order valence-corrected chi connectivity index (χ0v) is 18.7. The first-order valence-electron chi connectivity index (χ1n) is 11.0. The fourth-order valence-electron chi connectivity index (χ4n) is 4.34. The van der Waals surface area contributed by atoms with Gasteiger partial charge in [0.2, 0.25) is 5.95 Å². The Labute approximate surface area is 191 Å². The van der Waals surface area contributed by atoms with Gasteiger partial charge >= 0.3 is 0 Å². The lowest BCUT2D eigenvalue weighted by Gasteiger charge is -2.50. The van der Waals surface area contributed by atoms with E-state index in [1.165, 1.54) is 5.56 Å². The van der Waals surface area contributed by atoms with E-state index in [1.54, 1.807) is 16.4 Å². The van der Waals surface area contributed by atoms with E-state index in [2.05, 4.69) is 38.8 Å². The summed E-state index contributed by atoms with van der Waals surface area (Å²) in [6.07, 6.45) is 8.96. The molecule has 33 heavy (non-hydrogen) atoms. The summed E-state index contributed by atoms with van der Waals surface area (Å²) in [6, 6.07) is 6.30. The van der Waals surface area contributed by atoms with Crippen molar-refractivity contribution in [1.82, 2.24) is 34.8 Å². The number of hydrazine groups is 1. The number of hydrogen-bond acceptors (Lipinski definition) is 9. The van der Waals surface area contributed by atoms with Crippen LogP contribution in [0.5, 0.6) is 0 Å². The van der Waals surface area contributed by atoms with Crippen LogP contribution in [0.25, 0.3) is 5.65 Å². The summed E-state index contributed by atoms with van der Waals surface area (Å²) in [7, 11) is 0. The van der Waals surface area contributed by atoms with E-state index in [0.717, 1.165) is 23.5 Å². The number of carbonyl (C=O) groups is 1. The van der Waals surface area contributed by atoms with Crippen LogP contribution in [0.15, 0.2) is 42.6 Å². The normalized spacial score (nSPS) is 17.1. The maximum absolute atomic E-state index is 11.3. The molecule has 0 aliphatic carbocycles. The quantitative estimate of drug-likeness (QED) is 0.527. The van der Waals surface area contributed by atoms with Gasteiger partial charge in [-0.3, -0.25) is 9.48 Å². The van der Waals surface area contributed by atoms with Gasteiger partial charge in [-0.05, 0) is 31.0 Å². The molecule has 0 unspecified atom stereocenters. The minimum Gasteiger partial charge on any atom is -0.363 e. The second kappa shape index (κ2) is 8.22. The Morgan fingerprint density at radius 3 is 2.97 bits per heavy atom. The Balaban J connectivity index is 1.35. The summed E-state index contributed by atoms with van der Waals surface area (Å²) in [5, 5.41) is 23.5. The zero-order chi connectivity index (χ0) is 23.0. The molecule has 1 fully saturated rings. The third kappa shape index (κ3) is 3.89. The number of nitrogens with zero attached hydrogens (tertiary/aromatic N) is 8. The van der Waals surface area contributed by atoms with Crippen molar-refractivity contribution in [2.24, 2.45) is 0 Å². The topological polar surface area (TPSA) is 119 Å². The van der Waals surface area contributed by atoms with E-state index in [9.17, 15) is 10.1 Å². The fraction of sp³-hybridized carbons (Fsp3) is 0.409. The lowest BCUT2D eigenvalue weighted by molar-refractivity contribution is -0.117. The van der Waals surface area contributed by atoms with Crippen LogP contribution in [-0.4, -0.2) is 61.3 Å². The number of hydrogen-bond donors (Lipinski definition) is 2. The van der Waals surface area contributed by atoms with Gasteiger partial charge in [0, 0.05) is 31.7 Å². The van der Waals surface area contributed by atoms with Crippen molar-refractivity contribution in [1.29, 1.82) is 5.26 Å². The van der Waals surface area contributed by atoms with E-state index in [1.807, 2.05) is 41.6 Å². The third-order valence-corrected chi connectivity index (χ3v) is 6.04. The van der Waals surface area contributed by atoms with Crippen LogP contribution in [0.3, 0.4) is 0 Å². The van der Waals surface area contributed by atoms with Crippen molar-refractivity contribution in [3.8, 4) is 6.07 Å². The minimum atomic E-state index is -0.337. The fourth-order valence-corrected chi connectivity index (χ4v) is 4.34. The maximum atomic E-state index is 11.3. The lowest BCUT2D eigenvalue weighted by atomic mass is 9.86. The number of aryl methyl sites for hydroxylation is 1. The molecule has 11 heteroatoms. The molecule has 0 saturated carbocycles. The molecule has 1 saturated heterocycles. The van der Waals surface area contributed by atoms with Crippen LogP contribution >= 0.6 is 0 Å². The minimum absolute atomic E-state index is 0.0820. The molecule has 3 aromatic rings. The largest absolute Gasteiger partial charge is 0.363 e. The summed E-state index contributed by atoms with van der Waals surface area (Å²) in [6.45, 7) is 5.89. The highest BCUT2D eigenvalue weighted by molar-refractivity contribution is 5.77. The molecule has 0 bridgehead atoms. The average Bonchev–Trinajstić information content (AvgIpc) is 3.49. The van der Waals surface area contributed by atoms with Crippen LogP contribution in [0.2, 0.25) is 0 Å². The van der Waals surface area contributed by atoms with Gasteiger partial charge in [0.05, 0.1) is 43.2 Å². The van der Waals surface area contributed by atoms with Gasteiger partial charge in [0.25, 0.3) is 0 Å². The molecule has 11 nitrogen and oxygen atoms in total. The Hall–Kier alpha value is -3.91. The van der Waals surface area contributed by atoms with Crippen molar-refractivity contribution in [2.45, 2.75) is 32.2 Å². The molecule has 5 heterocycles. The molecule has 0 radical (unpaired) electrons. The van der Waals surface area contributed by atoms with Crippen LogP contribution in [0.1, 0.15) is 25.8 Å². The number of Topliss-reactive ketones (excluding diaryl/α,β-unsaturated/α-hetero) is 1. The van der Waals surface area contributed by atoms with Gasteiger partial charge in [-0.1, -0.05) is 6.92 Å². The van der Waals surface area contributed by atoms with E-state index in [4.69, 9.17) is 4.98 Å². The average molecular weight is 447 g/mol. The molecule has 5 rings (SSSR count). The van der Waals surface area contributed by atoms with Crippen molar-refractivity contribution >= 4 is 23.1 Å². The monoisotopic (exact) mass is 446 g/mol. The highest BCUT2D eigenvalue weighted by Crippen LogP contribution is 2.37.